The zero-order chi connectivity index (χ0) is 11.4. The Morgan fingerprint density at radius 2 is 2.44 bits per heavy atom. The van der Waals surface area contributed by atoms with Crippen LogP contribution in [0.4, 0.5) is 0 Å². The number of aromatic amines is 1. The van der Waals surface area contributed by atoms with Gasteiger partial charge in [0.15, 0.2) is 0 Å². The Morgan fingerprint density at radius 1 is 1.56 bits per heavy atom. The standard InChI is InChI=1S/C9H10N6O/c1-6-4-10-3-2-7(6)5-11-9(16)8-12-14-15-13-8/h2-4H,5H2,1H3,(H,11,16)(H,12,13,14,15). The highest BCUT2D eigenvalue weighted by atomic mass is 16.2. The lowest BCUT2D eigenvalue weighted by atomic mass is 10.1. The highest BCUT2D eigenvalue weighted by Crippen LogP contribution is 2.04. The number of tetrazole rings is 1. The van der Waals surface area contributed by atoms with E-state index < -0.39 is 0 Å². The Morgan fingerprint density at radius 3 is 3.12 bits per heavy atom. The Kier molecular flexibility index (Phi) is 2.86. The van der Waals surface area contributed by atoms with Crippen molar-refractivity contribution >= 4 is 5.91 Å². The Labute approximate surface area is 91.3 Å². The fraction of sp³-hybridized carbons (Fsp3) is 0.222. The van der Waals surface area contributed by atoms with E-state index in [0.29, 0.717) is 6.54 Å². The van der Waals surface area contributed by atoms with Crippen LogP contribution in [0.3, 0.4) is 0 Å². The molecule has 2 N–H and O–H groups in total. The molecule has 0 saturated heterocycles. The molecule has 0 aliphatic heterocycles. The van der Waals surface area contributed by atoms with Crippen LogP contribution >= 0.6 is 0 Å². The zero-order valence-electron chi connectivity index (χ0n) is 8.64. The van der Waals surface area contributed by atoms with Crippen molar-refractivity contribution in [3.8, 4) is 0 Å². The summed E-state index contributed by atoms with van der Waals surface area (Å²) < 4.78 is 0. The van der Waals surface area contributed by atoms with Gasteiger partial charge in [0.05, 0.1) is 0 Å². The van der Waals surface area contributed by atoms with E-state index in [1.165, 1.54) is 0 Å². The average molecular weight is 218 g/mol. The molecule has 2 aromatic heterocycles. The van der Waals surface area contributed by atoms with Gasteiger partial charge in [-0.2, -0.15) is 5.21 Å². The summed E-state index contributed by atoms with van der Waals surface area (Å²) in [6.07, 6.45) is 3.43. The molecule has 0 aromatic carbocycles. The molecule has 2 rings (SSSR count). The Hall–Kier alpha value is -2.31. The molecule has 0 spiro atoms. The number of aryl methyl sites for hydroxylation is 1. The molecule has 0 fully saturated rings. The van der Waals surface area contributed by atoms with Gasteiger partial charge in [-0.25, -0.2) is 0 Å². The van der Waals surface area contributed by atoms with Crippen molar-refractivity contribution in [2.75, 3.05) is 0 Å². The van der Waals surface area contributed by atoms with Crippen molar-refractivity contribution in [2.45, 2.75) is 13.5 Å². The number of nitrogens with zero attached hydrogens (tertiary/aromatic N) is 4. The topological polar surface area (TPSA) is 96.5 Å². The van der Waals surface area contributed by atoms with E-state index in [9.17, 15) is 4.79 Å². The molecule has 16 heavy (non-hydrogen) atoms. The number of H-pyrrole nitrogens is 1. The number of aromatic nitrogens is 5. The lowest BCUT2D eigenvalue weighted by Crippen LogP contribution is -2.24. The normalized spacial score (nSPS) is 10.1. The molecular weight excluding hydrogens is 208 g/mol. The molecule has 2 aromatic rings. The molecule has 0 aliphatic carbocycles. The predicted octanol–water partition coefficient (Wildman–Crippen LogP) is -0.167. The maximum Gasteiger partial charge on any atom is 0.293 e. The molecule has 7 nitrogen and oxygen atoms in total. The second kappa shape index (κ2) is 4.47. The highest BCUT2D eigenvalue weighted by Gasteiger charge is 2.10. The van der Waals surface area contributed by atoms with Gasteiger partial charge in [0.25, 0.3) is 11.7 Å². The van der Waals surface area contributed by atoms with Gasteiger partial charge in [0.2, 0.25) is 0 Å². The summed E-state index contributed by atoms with van der Waals surface area (Å²) in [7, 11) is 0. The number of amides is 1. The van der Waals surface area contributed by atoms with Gasteiger partial charge in [-0.05, 0) is 29.3 Å². The second-order valence-corrected chi connectivity index (χ2v) is 3.22. The number of nitrogens with one attached hydrogen (secondary N) is 2. The Balaban J connectivity index is 1.98. The summed E-state index contributed by atoms with van der Waals surface area (Å²) >= 11 is 0. The molecule has 0 radical (unpaired) electrons. The summed E-state index contributed by atoms with van der Waals surface area (Å²) in [5, 5.41) is 15.4. The van der Waals surface area contributed by atoms with E-state index in [4.69, 9.17) is 0 Å². The molecular formula is C9H10N6O. The molecule has 82 valence electrons. The molecule has 0 bridgehead atoms. The predicted molar refractivity (Wildman–Crippen MR) is 54.3 cm³/mol. The third-order valence-electron chi connectivity index (χ3n) is 2.12. The van der Waals surface area contributed by atoms with Crippen LogP contribution in [0.5, 0.6) is 0 Å². The fourth-order valence-corrected chi connectivity index (χ4v) is 1.21. The van der Waals surface area contributed by atoms with E-state index in [1.54, 1.807) is 12.4 Å². The maximum atomic E-state index is 11.5. The minimum atomic E-state index is -0.357. The molecule has 0 atom stereocenters. The number of hydrogen-bond acceptors (Lipinski definition) is 5. The summed E-state index contributed by atoms with van der Waals surface area (Å²) in [5.74, 6) is -0.323. The SMILES string of the molecule is Cc1cnccc1CNC(=O)c1nn[nH]n1. The van der Waals surface area contributed by atoms with E-state index in [0.717, 1.165) is 11.1 Å². The third-order valence-corrected chi connectivity index (χ3v) is 2.12. The number of hydrogen-bond donors (Lipinski definition) is 2. The second-order valence-electron chi connectivity index (χ2n) is 3.22. The summed E-state index contributed by atoms with van der Waals surface area (Å²) in [4.78, 5) is 15.4. The van der Waals surface area contributed by atoms with Gasteiger partial charge in [-0.15, -0.1) is 10.2 Å². The summed E-state index contributed by atoms with van der Waals surface area (Å²) in [5.41, 5.74) is 2.03. The lowest BCUT2D eigenvalue weighted by Gasteiger charge is -2.04. The monoisotopic (exact) mass is 218 g/mol. The molecule has 7 heteroatoms. The van der Waals surface area contributed by atoms with E-state index >= 15 is 0 Å². The van der Waals surface area contributed by atoms with Crippen LogP contribution in [0.1, 0.15) is 21.7 Å². The summed E-state index contributed by atoms with van der Waals surface area (Å²) in [6, 6.07) is 1.85. The van der Waals surface area contributed by atoms with Gasteiger partial charge < -0.3 is 5.32 Å². The maximum absolute atomic E-state index is 11.5. The first kappa shape index (κ1) is 10.2. The molecule has 0 saturated carbocycles. The Bertz CT molecular complexity index is 481. The van der Waals surface area contributed by atoms with Crippen molar-refractivity contribution in [1.82, 2.24) is 30.9 Å². The van der Waals surface area contributed by atoms with Crippen LogP contribution in [-0.2, 0) is 6.54 Å². The fourth-order valence-electron chi connectivity index (χ4n) is 1.21. The van der Waals surface area contributed by atoms with E-state index in [1.807, 2.05) is 13.0 Å². The number of carbonyl (C=O) groups excluding carboxylic acids is 1. The molecule has 0 unspecified atom stereocenters. The van der Waals surface area contributed by atoms with Crippen molar-refractivity contribution in [1.29, 1.82) is 0 Å². The molecule has 0 aliphatic rings. The smallest absolute Gasteiger partial charge is 0.293 e. The van der Waals surface area contributed by atoms with Crippen LogP contribution in [0.2, 0.25) is 0 Å². The van der Waals surface area contributed by atoms with Crippen LogP contribution in [0, 0.1) is 6.92 Å². The van der Waals surface area contributed by atoms with Crippen LogP contribution in [0.15, 0.2) is 18.5 Å². The first-order chi connectivity index (χ1) is 7.77. The first-order valence-corrected chi connectivity index (χ1v) is 4.68. The van der Waals surface area contributed by atoms with Crippen LogP contribution in [0.25, 0.3) is 0 Å². The zero-order valence-corrected chi connectivity index (χ0v) is 8.64. The van der Waals surface area contributed by atoms with Crippen LogP contribution < -0.4 is 5.32 Å². The highest BCUT2D eigenvalue weighted by molar-refractivity contribution is 5.89. The number of carbonyl (C=O) groups is 1. The minimum absolute atomic E-state index is 0.0340. The average Bonchev–Trinajstić information content (AvgIpc) is 2.81. The van der Waals surface area contributed by atoms with Crippen molar-refractivity contribution in [2.24, 2.45) is 0 Å². The first-order valence-electron chi connectivity index (χ1n) is 4.68. The summed E-state index contributed by atoms with van der Waals surface area (Å²) in [6.45, 7) is 2.35. The quantitative estimate of drug-likeness (QED) is 0.745. The van der Waals surface area contributed by atoms with Gasteiger partial charge >= 0.3 is 0 Å². The third kappa shape index (κ3) is 2.19. The van der Waals surface area contributed by atoms with E-state index in [2.05, 4.69) is 30.9 Å². The number of pyridine rings is 1. The van der Waals surface area contributed by atoms with Gasteiger partial charge in [-0.1, -0.05) is 0 Å². The van der Waals surface area contributed by atoms with Gasteiger partial charge in [-0.3, -0.25) is 9.78 Å². The van der Waals surface area contributed by atoms with Gasteiger partial charge in [0, 0.05) is 18.9 Å². The van der Waals surface area contributed by atoms with E-state index in [-0.39, 0.29) is 11.7 Å². The van der Waals surface area contributed by atoms with Crippen LogP contribution in [-0.4, -0.2) is 31.5 Å². The molecule has 1 amide bonds. The van der Waals surface area contributed by atoms with Gasteiger partial charge in [0.1, 0.15) is 0 Å². The largest absolute Gasteiger partial charge is 0.345 e. The van der Waals surface area contributed by atoms with Crippen molar-refractivity contribution < 1.29 is 4.79 Å². The van der Waals surface area contributed by atoms with Crippen molar-refractivity contribution in [3.05, 3.63) is 35.4 Å². The van der Waals surface area contributed by atoms with Crippen molar-refractivity contribution in [3.63, 3.8) is 0 Å². The molecule has 2 heterocycles. The minimum Gasteiger partial charge on any atom is -0.345 e. The number of rotatable bonds is 3. The lowest BCUT2D eigenvalue weighted by molar-refractivity contribution is 0.0940.